The van der Waals surface area contributed by atoms with Gasteiger partial charge in [0.2, 0.25) is 0 Å². The number of nitrogens with one attached hydrogen (secondary N) is 2. The molecule has 0 spiro atoms. The van der Waals surface area contributed by atoms with E-state index in [-0.39, 0.29) is 6.10 Å². The molecule has 0 heterocycles. The second kappa shape index (κ2) is 7.12. The molecule has 0 bridgehead atoms. The van der Waals surface area contributed by atoms with Crippen molar-refractivity contribution < 1.29 is 4.74 Å². The Morgan fingerprint density at radius 1 is 1.19 bits per heavy atom. The fraction of sp³-hybridized carbons (Fsp3) is 0.538. The Bertz CT molecular complexity index is 300. The van der Waals surface area contributed by atoms with Gasteiger partial charge in [-0.3, -0.25) is 0 Å². The molecule has 90 valence electrons. The minimum atomic E-state index is 0.205. The zero-order chi connectivity index (χ0) is 11.8. The summed E-state index contributed by atoms with van der Waals surface area (Å²) in [5.41, 5.74) is 1.06. The maximum absolute atomic E-state index is 5.72. The lowest BCUT2D eigenvalue weighted by molar-refractivity contribution is 0.243. The van der Waals surface area contributed by atoms with Crippen LogP contribution < -0.4 is 15.4 Å². The third kappa shape index (κ3) is 4.53. The zero-order valence-electron chi connectivity index (χ0n) is 10.4. The van der Waals surface area contributed by atoms with Crippen molar-refractivity contribution in [2.75, 3.05) is 25.0 Å². The fourth-order valence-corrected chi connectivity index (χ4v) is 1.43. The zero-order valence-corrected chi connectivity index (χ0v) is 10.4. The van der Waals surface area contributed by atoms with Crippen LogP contribution >= 0.6 is 0 Å². The minimum Gasteiger partial charge on any atom is -0.489 e. The van der Waals surface area contributed by atoms with Crippen LogP contribution in [-0.4, -0.2) is 25.7 Å². The van der Waals surface area contributed by atoms with Crippen molar-refractivity contribution in [1.29, 1.82) is 0 Å². The molecule has 1 aromatic carbocycles. The predicted molar refractivity (Wildman–Crippen MR) is 69.2 cm³/mol. The first-order valence-electron chi connectivity index (χ1n) is 5.94. The molecule has 0 aromatic heterocycles. The first-order chi connectivity index (χ1) is 7.74. The number of rotatable bonds is 7. The predicted octanol–water partition coefficient (Wildman–Crippen LogP) is 2.50. The van der Waals surface area contributed by atoms with E-state index in [1.54, 1.807) is 0 Å². The summed E-state index contributed by atoms with van der Waals surface area (Å²) >= 11 is 0. The third-order valence-electron chi connectivity index (χ3n) is 2.12. The number of ether oxygens (including phenoxy) is 1. The van der Waals surface area contributed by atoms with Crippen molar-refractivity contribution >= 4 is 5.69 Å². The summed E-state index contributed by atoms with van der Waals surface area (Å²) in [5.74, 6) is 0.925. The molecule has 3 heteroatoms. The van der Waals surface area contributed by atoms with Crippen LogP contribution in [0.3, 0.4) is 0 Å². The summed E-state index contributed by atoms with van der Waals surface area (Å²) in [7, 11) is 0. The average Bonchev–Trinajstić information content (AvgIpc) is 2.26. The van der Waals surface area contributed by atoms with Crippen molar-refractivity contribution in [1.82, 2.24) is 5.32 Å². The highest BCUT2D eigenvalue weighted by Gasteiger charge is 2.03. The molecule has 0 saturated heterocycles. The Hall–Kier alpha value is -1.22. The lowest BCUT2D eigenvalue weighted by atomic mass is 10.3. The van der Waals surface area contributed by atoms with E-state index < -0.39 is 0 Å². The molecule has 0 atom stereocenters. The van der Waals surface area contributed by atoms with Gasteiger partial charge < -0.3 is 15.4 Å². The van der Waals surface area contributed by atoms with E-state index in [0.29, 0.717) is 0 Å². The molecule has 0 amide bonds. The van der Waals surface area contributed by atoms with Gasteiger partial charge in [-0.05, 0) is 32.5 Å². The molecule has 0 aliphatic heterocycles. The normalized spacial score (nSPS) is 10.5. The van der Waals surface area contributed by atoms with E-state index in [1.165, 1.54) is 0 Å². The lowest BCUT2D eigenvalue weighted by Crippen LogP contribution is -2.22. The summed E-state index contributed by atoms with van der Waals surface area (Å²) < 4.78 is 5.72. The minimum absolute atomic E-state index is 0.205. The maximum Gasteiger partial charge on any atom is 0.142 e. The van der Waals surface area contributed by atoms with E-state index >= 15 is 0 Å². The summed E-state index contributed by atoms with van der Waals surface area (Å²) in [6.07, 6.45) is 0.205. The molecular formula is C13H22N2O. The molecule has 0 aliphatic carbocycles. The van der Waals surface area contributed by atoms with E-state index in [2.05, 4.69) is 17.6 Å². The smallest absolute Gasteiger partial charge is 0.142 e. The van der Waals surface area contributed by atoms with Gasteiger partial charge in [0.25, 0.3) is 0 Å². The molecule has 1 rings (SSSR count). The second-order valence-electron chi connectivity index (χ2n) is 3.94. The number of anilines is 1. The quantitative estimate of drug-likeness (QED) is 0.695. The van der Waals surface area contributed by atoms with E-state index in [4.69, 9.17) is 4.74 Å². The van der Waals surface area contributed by atoms with Crippen LogP contribution in [-0.2, 0) is 0 Å². The highest BCUT2D eigenvalue weighted by atomic mass is 16.5. The van der Waals surface area contributed by atoms with Gasteiger partial charge in [0, 0.05) is 13.1 Å². The molecule has 0 radical (unpaired) electrons. The largest absolute Gasteiger partial charge is 0.489 e. The highest BCUT2D eigenvalue weighted by Crippen LogP contribution is 2.24. The van der Waals surface area contributed by atoms with Crippen molar-refractivity contribution in [3.8, 4) is 5.75 Å². The van der Waals surface area contributed by atoms with Gasteiger partial charge in [-0.2, -0.15) is 0 Å². The van der Waals surface area contributed by atoms with Crippen molar-refractivity contribution in [3.05, 3.63) is 24.3 Å². The number of benzene rings is 1. The Balaban J connectivity index is 2.50. The standard InChI is InChI=1S/C13H22N2O/c1-4-14-9-10-15-12-7-5-6-8-13(12)16-11(2)3/h5-8,11,14-15H,4,9-10H2,1-3H3. The van der Waals surface area contributed by atoms with Gasteiger partial charge in [0.15, 0.2) is 0 Å². The monoisotopic (exact) mass is 222 g/mol. The molecule has 0 saturated carbocycles. The van der Waals surface area contributed by atoms with Crippen LogP contribution in [0.5, 0.6) is 5.75 Å². The van der Waals surface area contributed by atoms with Crippen LogP contribution in [0, 0.1) is 0 Å². The van der Waals surface area contributed by atoms with Crippen LogP contribution in [0.15, 0.2) is 24.3 Å². The SMILES string of the molecule is CCNCCNc1ccccc1OC(C)C. The van der Waals surface area contributed by atoms with Crippen molar-refractivity contribution in [3.63, 3.8) is 0 Å². The maximum atomic E-state index is 5.72. The number of para-hydroxylation sites is 2. The van der Waals surface area contributed by atoms with Crippen molar-refractivity contribution in [2.45, 2.75) is 26.9 Å². The molecule has 1 aromatic rings. The molecule has 0 unspecified atom stereocenters. The molecule has 2 N–H and O–H groups in total. The van der Waals surface area contributed by atoms with E-state index in [0.717, 1.165) is 31.1 Å². The topological polar surface area (TPSA) is 33.3 Å². The number of hydrogen-bond donors (Lipinski definition) is 2. The molecular weight excluding hydrogens is 200 g/mol. The Morgan fingerprint density at radius 3 is 2.62 bits per heavy atom. The summed E-state index contributed by atoms with van der Waals surface area (Å²) in [6, 6.07) is 8.05. The molecule has 3 nitrogen and oxygen atoms in total. The van der Waals surface area contributed by atoms with Crippen LogP contribution in [0.1, 0.15) is 20.8 Å². The second-order valence-corrected chi connectivity index (χ2v) is 3.94. The van der Waals surface area contributed by atoms with Crippen LogP contribution in [0.4, 0.5) is 5.69 Å². The summed E-state index contributed by atoms with van der Waals surface area (Å²) in [5, 5.41) is 6.64. The Labute approximate surface area is 98.2 Å². The van der Waals surface area contributed by atoms with E-state index in [1.807, 2.05) is 38.1 Å². The average molecular weight is 222 g/mol. The van der Waals surface area contributed by atoms with Gasteiger partial charge in [-0.1, -0.05) is 19.1 Å². The Kier molecular flexibility index (Phi) is 5.72. The first kappa shape index (κ1) is 12.8. The van der Waals surface area contributed by atoms with Crippen LogP contribution in [0.2, 0.25) is 0 Å². The lowest BCUT2D eigenvalue weighted by Gasteiger charge is -2.15. The fourth-order valence-electron chi connectivity index (χ4n) is 1.43. The van der Waals surface area contributed by atoms with Gasteiger partial charge in [0.1, 0.15) is 5.75 Å². The van der Waals surface area contributed by atoms with Gasteiger partial charge in [-0.15, -0.1) is 0 Å². The number of likely N-dealkylation sites (N-methyl/N-ethyl adjacent to an activating group) is 1. The first-order valence-corrected chi connectivity index (χ1v) is 5.94. The highest BCUT2D eigenvalue weighted by molar-refractivity contribution is 5.56. The van der Waals surface area contributed by atoms with Crippen molar-refractivity contribution in [2.24, 2.45) is 0 Å². The van der Waals surface area contributed by atoms with Gasteiger partial charge in [-0.25, -0.2) is 0 Å². The Morgan fingerprint density at radius 2 is 1.94 bits per heavy atom. The third-order valence-corrected chi connectivity index (χ3v) is 2.12. The molecule has 0 aliphatic rings. The van der Waals surface area contributed by atoms with Gasteiger partial charge in [0.05, 0.1) is 11.8 Å². The van der Waals surface area contributed by atoms with Crippen LogP contribution in [0.25, 0.3) is 0 Å². The van der Waals surface area contributed by atoms with Gasteiger partial charge >= 0.3 is 0 Å². The number of hydrogen-bond acceptors (Lipinski definition) is 3. The summed E-state index contributed by atoms with van der Waals surface area (Å²) in [4.78, 5) is 0. The summed E-state index contributed by atoms with van der Waals surface area (Å²) in [6.45, 7) is 9.06. The molecule has 16 heavy (non-hydrogen) atoms. The molecule has 0 fully saturated rings. The van der Waals surface area contributed by atoms with E-state index in [9.17, 15) is 0 Å².